The normalized spacial score (nSPS) is 13.8. The molecular formula is C25H21ClN6O4S. The molecule has 0 unspecified atom stereocenters. The summed E-state index contributed by atoms with van der Waals surface area (Å²) in [6, 6.07) is 17.9. The molecule has 188 valence electrons. The van der Waals surface area contributed by atoms with E-state index in [0.29, 0.717) is 39.0 Å². The largest absolute Gasteiger partial charge is 0.397 e. The van der Waals surface area contributed by atoms with Gasteiger partial charge in [-0.2, -0.15) is 0 Å². The van der Waals surface area contributed by atoms with E-state index in [1.807, 2.05) is 0 Å². The third-order valence-electron chi connectivity index (χ3n) is 5.97. The van der Waals surface area contributed by atoms with Crippen LogP contribution in [-0.2, 0) is 14.8 Å². The number of aromatic nitrogens is 2. The van der Waals surface area contributed by atoms with Crippen LogP contribution >= 0.6 is 11.6 Å². The molecule has 5 N–H and O–H groups in total. The highest BCUT2D eigenvalue weighted by molar-refractivity contribution is 7.89. The Balaban J connectivity index is 1.57. The molecule has 0 fully saturated rings. The molecule has 37 heavy (non-hydrogen) atoms. The molecule has 1 aromatic heterocycles. The van der Waals surface area contributed by atoms with Crippen LogP contribution in [0.1, 0.15) is 16.3 Å². The van der Waals surface area contributed by atoms with E-state index in [1.165, 1.54) is 11.0 Å². The lowest BCUT2D eigenvalue weighted by atomic mass is 10.1. The van der Waals surface area contributed by atoms with Crippen molar-refractivity contribution in [1.29, 1.82) is 0 Å². The molecule has 5 rings (SSSR count). The van der Waals surface area contributed by atoms with Gasteiger partial charge in [-0.05, 0) is 48.9 Å². The molecule has 0 aliphatic carbocycles. The standard InChI is InChI=1S/C25H21ClN6O4S/c1-14-29-24-23(32(14)17-10-11-19(26)20(27)12-17)25(34)31(13-22(33)30-24)16-8-6-15(7-9-16)18-4-2-3-5-21(18)37(28,35)36/h2-12H,13,27H2,1H3,(H,30,33)(H2,28,35,36). The van der Waals surface area contributed by atoms with Gasteiger partial charge in [0.1, 0.15) is 12.4 Å². The molecule has 10 nitrogen and oxygen atoms in total. The zero-order valence-electron chi connectivity index (χ0n) is 19.5. The zero-order valence-corrected chi connectivity index (χ0v) is 21.0. The highest BCUT2D eigenvalue weighted by Gasteiger charge is 2.33. The molecule has 4 aromatic rings. The van der Waals surface area contributed by atoms with Crippen molar-refractivity contribution < 1.29 is 18.0 Å². The Morgan fingerprint density at radius 1 is 1.00 bits per heavy atom. The van der Waals surface area contributed by atoms with Crippen molar-refractivity contribution in [2.45, 2.75) is 11.8 Å². The molecule has 2 amide bonds. The first-order valence-corrected chi connectivity index (χ1v) is 13.0. The molecule has 0 atom stereocenters. The van der Waals surface area contributed by atoms with Crippen molar-refractivity contribution in [3.63, 3.8) is 0 Å². The van der Waals surface area contributed by atoms with Crippen molar-refractivity contribution >= 4 is 50.6 Å². The monoisotopic (exact) mass is 536 g/mol. The number of benzene rings is 3. The average molecular weight is 537 g/mol. The number of fused-ring (bicyclic) bond motifs is 1. The Labute approximate surface area is 217 Å². The average Bonchev–Trinajstić information content (AvgIpc) is 3.12. The number of sulfonamides is 1. The maximum atomic E-state index is 13.8. The topological polar surface area (TPSA) is 153 Å². The van der Waals surface area contributed by atoms with Gasteiger partial charge in [0.25, 0.3) is 5.91 Å². The lowest BCUT2D eigenvalue weighted by Crippen LogP contribution is -2.36. The van der Waals surface area contributed by atoms with Crippen LogP contribution in [0, 0.1) is 6.92 Å². The van der Waals surface area contributed by atoms with Gasteiger partial charge in [0.2, 0.25) is 15.9 Å². The number of amides is 2. The first-order chi connectivity index (χ1) is 17.5. The molecule has 0 radical (unpaired) electrons. The van der Waals surface area contributed by atoms with Gasteiger partial charge in [0.05, 0.1) is 15.6 Å². The third kappa shape index (κ3) is 4.44. The predicted molar refractivity (Wildman–Crippen MR) is 141 cm³/mol. The maximum Gasteiger partial charge on any atom is 0.279 e. The number of halogens is 1. The number of nitrogens with zero attached hydrogens (tertiary/aromatic N) is 3. The van der Waals surface area contributed by atoms with Crippen molar-refractivity contribution in [3.05, 3.63) is 83.3 Å². The Hall–Kier alpha value is -4.19. The maximum absolute atomic E-state index is 13.8. The van der Waals surface area contributed by atoms with E-state index in [0.717, 1.165) is 0 Å². The molecule has 0 saturated heterocycles. The first-order valence-electron chi connectivity index (χ1n) is 11.0. The Morgan fingerprint density at radius 3 is 2.35 bits per heavy atom. The number of primary sulfonamides is 1. The second-order valence-electron chi connectivity index (χ2n) is 8.42. The number of rotatable bonds is 4. The van der Waals surface area contributed by atoms with Crippen LogP contribution in [0.15, 0.2) is 71.6 Å². The number of anilines is 3. The van der Waals surface area contributed by atoms with E-state index in [4.69, 9.17) is 22.5 Å². The van der Waals surface area contributed by atoms with E-state index in [-0.39, 0.29) is 23.0 Å². The molecule has 1 aliphatic rings. The van der Waals surface area contributed by atoms with Crippen LogP contribution in [0.2, 0.25) is 5.02 Å². The summed E-state index contributed by atoms with van der Waals surface area (Å²) in [6.07, 6.45) is 0. The summed E-state index contributed by atoms with van der Waals surface area (Å²) in [6.45, 7) is 1.46. The summed E-state index contributed by atoms with van der Waals surface area (Å²) >= 11 is 6.07. The number of nitrogens with one attached hydrogen (secondary N) is 1. The number of hydrogen-bond acceptors (Lipinski definition) is 6. The number of nitrogens with two attached hydrogens (primary N) is 2. The lowest BCUT2D eigenvalue weighted by molar-refractivity contribution is -0.114. The Morgan fingerprint density at radius 2 is 1.68 bits per heavy atom. The van der Waals surface area contributed by atoms with E-state index in [1.54, 1.807) is 72.2 Å². The summed E-state index contributed by atoms with van der Waals surface area (Å²) in [5.41, 5.74) is 8.48. The van der Waals surface area contributed by atoms with E-state index in [9.17, 15) is 18.0 Å². The minimum absolute atomic E-state index is 0.0146. The number of imidazole rings is 1. The Kier molecular flexibility index (Phi) is 5.98. The Bertz CT molecular complexity index is 1680. The van der Waals surface area contributed by atoms with Crippen molar-refractivity contribution in [2.24, 2.45) is 5.14 Å². The number of carbonyl (C=O) groups is 2. The fraction of sp³-hybridized carbons (Fsp3) is 0.0800. The second kappa shape index (κ2) is 9.04. The molecular weight excluding hydrogens is 516 g/mol. The SMILES string of the molecule is Cc1nc2c(n1-c1ccc(Cl)c(N)c1)C(=O)N(c1ccc(-c3ccccc3S(N)(=O)=O)cc1)CC(=O)N2. The van der Waals surface area contributed by atoms with Gasteiger partial charge in [0.15, 0.2) is 11.5 Å². The van der Waals surface area contributed by atoms with Crippen molar-refractivity contribution in [3.8, 4) is 16.8 Å². The summed E-state index contributed by atoms with van der Waals surface area (Å²) in [5, 5.41) is 8.44. The zero-order chi connectivity index (χ0) is 26.5. The van der Waals surface area contributed by atoms with Gasteiger partial charge in [-0.15, -0.1) is 0 Å². The van der Waals surface area contributed by atoms with Gasteiger partial charge < -0.3 is 11.1 Å². The van der Waals surface area contributed by atoms with Crippen LogP contribution in [0.25, 0.3) is 16.8 Å². The smallest absolute Gasteiger partial charge is 0.279 e. The minimum atomic E-state index is -3.95. The van der Waals surface area contributed by atoms with Gasteiger partial charge >= 0.3 is 0 Å². The number of hydrogen-bond donors (Lipinski definition) is 3. The molecule has 2 heterocycles. The quantitative estimate of drug-likeness (QED) is 0.340. The summed E-state index contributed by atoms with van der Waals surface area (Å²) in [4.78, 5) is 32.2. The van der Waals surface area contributed by atoms with Gasteiger partial charge in [-0.25, -0.2) is 18.5 Å². The fourth-order valence-electron chi connectivity index (χ4n) is 4.30. The minimum Gasteiger partial charge on any atom is -0.397 e. The highest BCUT2D eigenvalue weighted by Crippen LogP contribution is 2.32. The molecule has 0 bridgehead atoms. The molecule has 12 heteroatoms. The van der Waals surface area contributed by atoms with Gasteiger partial charge in [-0.3, -0.25) is 19.1 Å². The number of aryl methyl sites for hydroxylation is 1. The number of carbonyl (C=O) groups excluding carboxylic acids is 2. The third-order valence-corrected chi connectivity index (χ3v) is 7.29. The van der Waals surface area contributed by atoms with E-state index >= 15 is 0 Å². The van der Waals surface area contributed by atoms with Crippen LogP contribution < -0.4 is 21.1 Å². The summed E-state index contributed by atoms with van der Waals surface area (Å²) < 4.78 is 25.7. The summed E-state index contributed by atoms with van der Waals surface area (Å²) in [5.74, 6) is -0.268. The number of nitrogen functional groups attached to an aromatic ring is 1. The molecule has 3 aromatic carbocycles. The van der Waals surface area contributed by atoms with Gasteiger partial charge in [-0.1, -0.05) is 41.9 Å². The van der Waals surface area contributed by atoms with Crippen LogP contribution in [0.5, 0.6) is 0 Å². The van der Waals surface area contributed by atoms with Crippen molar-refractivity contribution in [2.75, 3.05) is 22.5 Å². The second-order valence-corrected chi connectivity index (χ2v) is 10.4. The first kappa shape index (κ1) is 24.5. The van der Waals surface area contributed by atoms with Gasteiger partial charge in [0, 0.05) is 16.9 Å². The predicted octanol–water partition coefficient (Wildman–Crippen LogP) is 3.33. The van der Waals surface area contributed by atoms with Crippen molar-refractivity contribution in [1.82, 2.24) is 9.55 Å². The van der Waals surface area contributed by atoms with E-state index < -0.39 is 21.8 Å². The summed E-state index contributed by atoms with van der Waals surface area (Å²) in [7, 11) is -3.95. The van der Waals surface area contributed by atoms with Crippen LogP contribution in [-0.4, -0.2) is 36.3 Å². The highest BCUT2D eigenvalue weighted by atomic mass is 35.5. The molecule has 0 spiro atoms. The van der Waals surface area contributed by atoms with Crippen LogP contribution in [0.3, 0.4) is 0 Å². The van der Waals surface area contributed by atoms with Crippen LogP contribution in [0.4, 0.5) is 17.2 Å². The molecule has 1 aliphatic heterocycles. The van der Waals surface area contributed by atoms with E-state index in [2.05, 4.69) is 10.3 Å². The lowest BCUT2D eigenvalue weighted by Gasteiger charge is -2.21. The molecule has 0 saturated carbocycles. The fourth-order valence-corrected chi connectivity index (χ4v) is 5.18.